The topological polar surface area (TPSA) is 106 Å². The Hall–Kier alpha value is -4.28. The van der Waals surface area contributed by atoms with Gasteiger partial charge in [0.05, 0.1) is 29.4 Å². The highest BCUT2D eigenvalue weighted by Gasteiger charge is 2.29. The molecule has 0 bridgehead atoms. The van der Waals surface area contributed by atoms with Crippen LogP contribution in [0.15, 0.2) is 54.7 Å². The number of benzene rings is 2. The lowest BCUT2D eigenvalue weighted by atomic mass is 9.91. The van der Waals surface area contributed by atoms with E-state index < -0.39 is 0 Å². The number of hydrogen-bond donors (Lipinski definition) is 2. The van der Waals surface area contributed by atoms with E-state index >= 15 is 0 Å². The van der Waals surface area contributed by atoms with Crippen molar-refractivity contribution in [2.75, 3.05) is 38.2 Å². The van der Waals surface area contributed by atoms with Crippen LogP contribution >= 0.6 is 0 Å². The summed E-state index contributed by atoms with van der Waals surface area (Å²) in [5, 5.41) is 11.5. The molecule has 4 heterocycles. The van der Waals surface area contributed by atoms with Crippen molar-refractivity contribution in [3.8, 4) is 28.3 Å². The second kappa shape index (κ2) is 13.0. The monoisotopic (exact) mass is 607 g/mol. The molecule has 2 fully saturated rings. The van der Waals surface area contributed by atoms with Crippen LogP contribution in [0.3, 0.4) is 0 Å². The molecule has 3 aliphatic rings. The normalized spacial score (nSPS) is 17.4. The summed E-state index contributed by atoms with van der Waals surface area (Å²) in [5.74, 6) is 0.987. The molecule has 2 aromatic heterocycles. The molecule has 2 saturated heterocycles. The molecule has 0 spiro atoms. The van der Waals surface area contributed by atoms with Gasteiger partial charge in [0, 0.05) is 68.3 Å². The standard InChI is InChI=1S/C35H41N7O3/c1-3-45-30-21-24(34(43)37-26-13-17-42(18-14-26)27-15-19-44-20-16-27)9-11-28(30)38-35-36-22-25-10-12-29-31(32(25)39-35)33(41(2)40-29)23-7-5-4-6-8-23/h4-9,11,21-22,26-27H,3,10,12-20H2,1-2H3,(H,37,43)(H,36,38,39). The van der Waals surface area contributed by atoms with Gasteiger partial charge in [-0.25, -0.2) is 9.97 Å². The SMILES string of the molecule is CCOc1cc(C(=O)NC2CCN(C3CCOCC3)CC2)ccc1Nc1ncc2c(n1)-c1c(nn(C)c1-c1ccccc1)CC2. The van der Waals surface area contributed by atoms with Crippen molar-refractivity contribution in [3.63, 3.8) is 0 Å². The van der Waals surface area contributed by atoms with Crippen LogP contribution < -0.4 is 15.4 Å². The van der Waals surface area contributed by atoms with Gasteiger partial charge in [-0.1, -0.05) is 30.3 Å². The number of piperidine rings is 1. The number of aryl methyl sites for hydroxylation is 3. The molecule has 45 heavy (non-hydrogen) atoms. The summed E-state index contributed by atoms with van der Waals surface area (Å²) in [6.07, 6.45) is 7.73. The zero-order chi connectivity index (χ0) is 30.8. The fourth-order valence-corrected chi connectivity index (χ4v) is 6.94. The lowest BCUT2D eigenvalue weighted by Crippen LogP contribution is -2.49. The molecule has 0 radical (unpaired) electrons. The van der Waals surface area contributed by atoms with Gasteiger partial charge < -0.3 is 25.0 Å². The lowest BCUT2D eigenvalue weighted by Gasteiger charge is -2.39. The molecule has 4 aromatic rings. The first-order chi connectivity index (χ1) is 22.1. The summed E-state index contributed by atoms with van der Waals surface area (Å²) >= 11 is 0. The summed E-state index contributed by atoms with van der Waals surface area (Å²) in [6.45, 7) is 6.14. The van der Waals surface area contributed by atoms with Crippen molar-refractivity contribution < 1.29 is 14.3 Å². The Labute approximate surface area is 264 Å². The average molecular weight is 608 g/mol. The van der Waals surface area contributed by atoms with Crippen LogP contribution in [-0.2, 0) is 24.6 Å². The number of nitrogens with one attached hydrogen (secondary N) is 2. The lowest BCUT2D eigenvalue weighted by molar-refractivity contribution is 0.0238. The minimum Gasteiger partial charge on any atom is -0.492 e. The summed E-state index contributed by atoms with van der Waals surface area (Å²) in [5.41, 5.74) is 7.56. The summed E-state index contributed by atoms with van der Waals surface area (Å²) in [4.78, 5) is 25.5. The maximum atomic E-state index is 13.3. The number of amides is 1. The van der Waals surface area contributed by atoms with Crippen molar-refractivity contribution in [1.82, 2.24) is 30.0 Å². The number of carbonyl (C=O) groups is 1. The van der Waals surface area contributed by atoms with Crippen molar-refractivity contribution in [1.29, 1.82) is 0 Å². The number of carbonyl (C=O) groups excluding carboxylic acids is 1. The smallest absolute Gasteiger partial charge is 0.251 e. The van der Waals surface area contributed by atoms with E-state index in [4.69, 9.17) is 19.6 Å². The Balaban J connectivity index is 1.07. The molecule has 1 amide bonds. The van der Waals surface area contributed by atoms with E-state index in [0.717, 1.165) is 98.6 Å². The second-order valence-corrected chi connectivity index (χ2v) is 12.1. The zero-order valence-corrected chi connectivity index (χ0v) is 26.1. The number of nitrogens with zero attached hydrogens (tertiary/aromatic N) is 5. The van der Waals surface area contributed by atoms with E-state index in [-0.39, 0.29) is 11.9 Å². The maximum absolute atomic E-state index is 13.3. The minimum absolute atomic E-state index is 0.0744. The third-order valence-corrected chi connectivity index (χ3v) is 9.26. The Morgan fingerprint density at radius 1 is 1.04 bits per heavy atom. The molecule has 10 nitrogen and oxygen atoms in total. The molecule has 7 rings (SSSR count). The van der Waals surface area contributed by atoms with Gasteiger partial charge in [-0.3, -0.25) is 9.48 Å². The van der Waals surface area contributed by atoms with Gasteiger partial charge in [0.25, 0.3) is 5.91 Å². The number of rotatable bonds is 8. The third kappa shape index (κ3) is 6.17. The Bertz CT molecular complexity index is 1660. The number of hydrogen-bond acceptors (Lipinski definition) is 8. The fourth-order valence-electron chi connectivity index (χ4n) is 6.94. The molecule has 2 aliphatic heterocycles. The molecule has 234 valence electrons. The first-order valence-corrected chi connectivity index (χ1v) is 16.2. The first kappa shape index (κ1) is 29.4. The predicted octanol–water partition coefficient (Wildman–Crippen LogP) is 5.16. The zero-order valence-electron chi connectivity index (χ0n) is 26.1. The van der Waals surface area contributed by atoms with E-state index in [2.05, 4.69) is 32.7 Å². The third-order valence-electron chi connectivity index (χ3n) is 9.26. The minimum atomic E-state index is -0.0744. The Morgan fingerprint density at radius 2 is 1.84 bits per heavy atom. The van der Waals surface area contributed by atoms with E-state index in [1.165, 1.54) is 0 Å². The van der Waals surface area contributed by atoms with Crippen molar-refractivity contribution in [2.45, 2.75) is 57.5 Å². The molecule has 0 atom stereocenters. The van der Waals surface area contributed by atoms with Crippen LogP contribution in [0, 0.1) is 0 Å². The van der Waals surface area contributed by atoms with Crippen LogP contribution in [0.5, 0.6) is 5.75 Å². The van der Waals surface area contributed by atoms with Gasteiger partial charge in [0.15, 0.2) is 0 Å². The molecule has 2 aromatic carbocycles. The van der Waals surface area contributed by atoms with Crippen LogP contribution in [0.25, 0.3) is 22.5 Å². The fraction of sp³-hybridized carbons (Fsp3) is 0.429. The first-order valence-electron chi connectivity index (χ1n) is 16.2. The van der Waals surface area contributed by atoms with Gasteiger partial charge >= 0.3 is 0 Å². The van der Waals surface area contributed by atoms with Gasteiger partial charge in [-0.15, -0.1) is 0 Å². The highest BCUT2D eigenvalue weighted by molar-refractivity contribution is 5.95. The summed E-state index contributed by atoms with van der Waals surface area (Å²) in [7, 11) is 1.99. The quantitative estimate of drug-likeness (QED) is 0.283. The maximum Gasteiger partial charge on any atom is 0.251 e. The average Bonchev–Trinajstić information content (AvgIpc) is 3.43. The van der Waals surface area contributed by atoms with E-state index in [9.17, 15) is 4.79 Å². The van der Waals surface area contributed by atoms with Gasteiger partial charge in [0.1, 0.15) is 5.75 Å². The van der Waals surface area contributed by atoms with Crippen molar-refractivity contribution >= 4 is 17.5 Å². The van der Waals surface area contributed by atoms with E-state index in [1.807, 2.05) is 61.2 Å². The van der Waals surface area contributed by atoms with Crippen LogP contribution in [0.4, 0.5) is 11.6 Å². The molecular formula is C35H41N7O3. The molecule has 0 saturated carbocycles. The number of ether oxygens (including phenoxy) is 2. The number of anilines is 2. The van der Waals surface area contributed by atoms with Crippen molar-refractivity contribution in [2.24, 2.45) is 7.05 Å². The predicted molar refractivity (Wildman–Crippen MR) is 174 cm³/mol. The van der Waals surface area contributed by atoms with Gasteiger partial charge in [0.2, 0.25) is 5.95 Å². The molecular weight excluding hydrogens is 566 g/mol. The second-order valence-electron chi connectivity index (χ2n) is 12.1. The summed E-state index contributed by atoms with van der Waals surface area (Å²) < 4.78 is 13.5. The van der Waals surface area contributed by atoms with E-state index in [1.54, 1.807) is 0 Å². The number of likely N-dealkylation sites (tertiary alicyclic amines) is 1. The summed E-state index contributed by atoms with van der Waals surface area (Å²) in [6, 6.07) is 16.6. The highest BCUT2D eigenvalue weighted by Crippen LogP contribution is 2.40. The number of fused-ring (bicyclic) bond motifs is 3. The molecule has 2 N–H and O–H groups in total. The van der Waals surface area contributed by atoms with E-state index in [0.29, 0.717) is 35.6 Å². The number of aromatic nitrogens is 4. The molecule has 0 unspecified atom stereocenters. The molecule has 1 aliphatic carbocycles. The Kier molecular flexibility index (Phi) is 8.49. The van der Waals surface area contributed by atoms with Gasteiger partial charge in [-0.2, -0.15) is 5.10 Å². The van der Waals surface area contributed by atoms with Crippen molar-refractivity contribution in [3.05, 3.63) is 71.5 Å². The Morgan fingerprint density at radius 3 is 2.62 bits per heavy atom. The highest BCUT2D eigenvalue weighted by atomic mass is 16.5. The van der Waals surface area contributed by atoms with Crippen LogP contribution in [0.2, 0.25) is 0 Å². The molecule has 10 heteroatoms. The van der Waals surface area contributed by atoms with Crippen LogP contribution in [-0.4, -0.2) is 75.5 Å². The van der Waals surface area contributed by atoms with Gasteiger partial charge in [-0.05, 0) is 69.2 Å². The largest absolute Gasteiger partial charge is 0.492 e. The van der Waals surface area contributed by atoms with Crippen LogP contribution in [0.1, 0.15) is 54.2 Å².